The summed E-state index contributed by atoms with van der Waals surface area (Å²) in [5.74, 6) is 0.434. The fraction of sp³-hybridized carbons (Fsp3) is 0.381. The third-order valence-corrected chi connectivity index (χ3v) is 5.94. The van der Waals surface area contributed by atoms with Crippen LogP contribution in [0.3, 0.4) is 0 Å². The van der Waals surface area contributed by atoms with Gasteiger partial charge in [0, 0.05) is 0 Å². The number of fused-ring (bicyclic) bond motifs is 2. The van der Waals surface area contributed by atoms with Crippen LogP contribution in [0, 0.1) is 0 Å². The zero-order valence-electron chi connectivity index (χ0n) is 14.5. The van der Waals surface area contributed by atoms with Gasteiger partial charge in [-0.25, -0.2) is 0 Å². The number of rotatable bonds is 2. The number of piperidine rings is 2. The number of Topliss-reactive ketones (excluding diaryl/α,β-unsaturated/α-hetero) is 1. The van der Waals surface area contributed by atoms with E-state index in [0.717, 1.165) is 26.2 Å². The fourth-order valence-corrected chi connectivity index (χ4v) is 5.27. The van der Waals surface area contributed by atoms with Crippen LogP contribution in [0.25, 0.3) is 0 Å². The maximum absolute atomic E-state index is 13.9. The Morgan fingerprint density at radius 1 is 0.667 bits per heavy atom. The second-order valence-electron chi connectivity index (χ2n) is 7.85. The van der Waals surface area contributed by atoms with E-state index in [2.05, 4.69) is 62.6 Å². The highest BCUT2D eigenvalue weighted by Crippen LogP contribution is 2.38. The number of quaternary nitrogens is 2. The molecule has 2 aliphatic heterocycles. The lowest BCUT2D eigenvalue weighted by molar-refractivity contribution is -0.937. The SMILES string of the molecule is C[NH+]1CC2(c3ccccc3)C[NH+](C)CC(c3ccccc3)(C1)C2=O. The van der Waals surface area contributed by atoms with Gasteiger partial charge in [-0.1, -0.05) is 60.7 Å². The molecule has 124 valence electrons. The minimum absolute atomic E-state index is 0.373. The van der Waals surface area contributed by atoms with Crippen LogP contribution in [0.15, 0.2) is 60.7 Å². The number of benzene rings is 2. The summed E-state index contributed by atoms with van der Waals surface area (Å²) in [5.41, 5.74) is 1.63. The number of nitrogens with one attached hydrogen (secondary N) is 2. The first-order chi connectivity index (χ1) is 11.6. The van der Waals surface area contributed by atoms with Gasteiger partial charge in [0.2, 0.25) is 0 Å². The highest BCUT2D eigenvalue weighted by atomic mass is 16.1. The minimum Gasteiger partial charge on any atom is -0.335 e. The van der Waals surface area contributed by atoms with Crippen molar-refractivity contribution in [2.45, 2.75) is 10.8 Å². The van der Waals surface area contributed by atoms with E-state index in [1.54, 1.807) is 0 Å². The van der Waals surface area contributed by atoms with Gasteiger partial charge >= 0.3 is 0 Å². The third-order valence-electron chi connectivity index (χ3n) is 5.94. The fourth-order valence-electron chi connectivity index (χ4n) is 5.27. The Morgan fingerprint density at radius 2 is 1.00 bits per heavy atom. The Balaban J connectivity index is 1.91. The summed E-state index contributed by atoms with van der Waals surface area (Å²) in [6.45, 7) is 3.56. The molecule has 0 aliphatic carbocycles. The number of likely N-dealkylation sites (N-methyl/N-ethyl adjacent to an activating group) is 2. The van der Waals surface area contributed by atoms with Gasteiger partial charge in [-0.2, -0.15) is 0 Å². The molecule has 2 N–H and O–H groups in total. The highest BCUT2D eigenvalue weighted by molar-refractivity contribution is 6.00. The Kier molecular flexibility index (Phi) is 3.59. The van der Waals surface area contributed by atoms with E-state index in [0.29, 0.717) is 5.78 Å². The number of hydrogen-bond donors (Lipinski definition) is 2. The van der Waals surface area contributed by atoms with Crippen LogP contribution < -0.4 is 9.80 Å². The van der Waals surface area contributed by atoms with Gasteiger partial charge in [0.15, 0.2) is 16.6 Å². The molecule has 0 unspecified atom stereocenters. The standard InChI is InChI=1S/C21H24N2O/c1-22-13-20(17-9-5-3-6-10-17)15-23(2)16-21(14-22,19(20)24)18-11-7-4-8-12-18/h3-12H,13-16H2,1-2H3/p+2. The summed E-state index contributed by atoms with van der Waals surface area (Å²) < 4.78 is 0. The number of likely N-dealkylation sites (tertiary alicyclic amines) is 2. The molecule has 24 heavy (non-hydrogen) atoms. The lowest BCUT2D eigenvalue weighted by Crippen LogP contribution is -3.24. The van der Waals surface area contributed by atoms with Gasteiger partial charge in [-0.05, 0) is 11.1 Å². The Morgan fingerprint density at radius 3 is 1.33 bits per heavy atom. The van der Waals surface area contributed by atoms with Crippen LogP contribution in [0.1, 0.15) is 11.1 Å². The lowest BCUT2D eigenvalue weighted by atomic mass is 9.58. The molecule has 2 saturated heterocycles. The van der Waals surface area contributed by atoms with Crippen molar-refractivity contribution in [3.63, 3.8) is 0 Å². The Hall–Kier alpha value is -1.97. The normalized spacial score (nSPS) is 35.7. The van der Waals surface area contributed by atoms with Crippen LogP contribution in [0.4, 0.5) is 0 Å². The van der Waals surface area contributed by atoms with E-state index >= 15 is 0 Å². The number of carbonyl (C=O) groups is 1. The topological polar surface area (TPSA) is 26.0 Å². The molecule has 0 spiro atoms. The molecule has 2 aromatic carbocycles. The second-order valence-corrected chi connectivity index (χ2v) is 7.85. The van der Waals surface area contributed by atoms with E-state index in [1.807, 2.05) is 12.1 Å². The number of hydrogen-bond acceptors (Lipinski definition) is 1. The highest BCUT2D eigenvalue weighted by Gasteiger charge is 2.65. The molecular formula is C21H26N2O+2. The quantitative estimate of drug-likeness (QED) is 0.765. The van der Waals surface area contributed by atoms with E-state index in [1.165, 1.54) is 20.9 Å². The van der Waals surface area contributed by atoms with Crippen molar-refractivity contribution in [3.05, 3.63) is 71.8 Å². The van der Waals surface area contributed by atoms with Crippen molar-refractivity contribution in [3.8, 4) is 0 Å². The average molecular weight is 322 g/mol. The van der Waals surface area contributed by atoms with Crippen LogP contribution in [0.5, 0.6) is 0 Å². The first kappa shape index (κ1) is 15.6. The Bertz CT molecular complexity index is 665. The van der Waals surface area contributed by atoms with Crippen molar-refractivity contribution in [1.82, 2.24) is 0 Å². The zero-order chi connectivity index (χ0) is 16.8. The number of ketones is 1. The Labute approximate surface area is 143 Å². The molecule has 0 atom stereocenters. The summed E-state index contributed by atoms with van der Waals surface area (Å²) in [6, 6.07) is 20.9. The molecule has 2 fully saturated rings. The van der Waals surface area contributed by atoms with E-state index < -0.39 is 0 Å². The number of carbonyl (C=O) groups excluding carboxylic acids is 1. The smallest absolute Gasteiger partial charge is 0.176 e. The first-order valence-electron chi connectivity index (χ1n) is 8.85. The first-order valence-corrected chi connectivity index (χ1v) is 8.85. The summed E-state index contributed by atoms with van der Waals surface area (Å²) in [4.78, 5) is 16.8. The molecule has 2 heterocycles. The molecule has 4 rings (SSSR count). The molecule has 0 aromatic heterocycles. The largest absolute Gasteiger partial charge is 0.335 e. The van der Waals surface area contributed by atoms with Crippen LogP contribution >= 0.6 is 0 Å². The molecule has 2 aromatic rings. The zero-order valence-corrected chi connectivity index (χ0v) is 14.5. The van der Waals surface area contributed by atoms with Crippen molar-refractivity contribution in [1.29, 1.82) is 0 Å². The van der Waals surface area contributed by atoms with Gasteiger partial charge in [-0.3, -0.25) is 4.79 Å². The van der Waals surface area contributed by atoms with Gasteiger partial charge < -0.3 is 9.80 Å². The van der Waals surface area contributed by atoms with Gasteiger partial charge in [-0.15, -0.1) is 0 Å². The monoisotopic (exact) mass is 322 g/mol. The predicted molar refractivity (Wildman–Crippen MR) is 94.5 cm³/mol. The molecule has 0 radical (unpaired) electrons. The van der Waals surface area contributed by atoms with Gasteiger partial charge in [0.1, 0.15) is 0 Å². The maximum Gasteiger partial charge on any atom is 0.176 e. The maximum atomic E-state index is 13.9. The molecule has 0 saturated carbocycles. The van der Waals surface area contributed by atoms with Crippen molar-refractivity contribution in [2.75, 3.05) is 40.3 Å². The molecule has 3 heteroatoms. The van der Waals surface area contributed by atoms with E-state index in [9.17, 15) is 4.79 Å². The average Bonchev–Trinajstić information content (AvgIpc) is 2.59. The van der Waals surface area contributed by atoms with Crippen LogP contribution in [-0.2, 0) is 15.6 Å². The molecule has 2 aliphatic rings. The second kappa shape index (κ2) is 5.54. The van der Waals surface area contributed by atoms with Gasteiger partial charge in [0.25, 0.3) is 0 Å². The molecular weight excluding hydrogens is 296 g/mol. The lowest BCUT2D eigenvalue weighted by Gasteiger charge is -2.52. The summed E-state index contributed by atoms with van der Waals surface area (Å²) >= 11 is 0. The van der Waals surface area contributed by atoms with Crippen molar-refractivity contribution >= 4 is 5.78 Å². The minimum atomic E-state index is -0.373. The molecule has 2 bridgehead atoms. The van der Waals surface area contributed by atoms with Crippen molar-refractivity contribution < 1.29 is 14.6 Å². The third kappa shape index (κ3) is 2.15. The van der Waals surface area contributed by atoms with E-state index in [-0.39, 0.29) is 10.8 Å². The molecule has 3 nitrogen and oxygen atoms in total. The van der Waals surface area contributed by atoms with Crippen LogP contribution in [-0.4, -0.2) is 46.1 Å². The van der Waals surface area contributed by atoms with Crippen molar-refractivity contribution in [2.24, 2.45) is 0 Å². The molecule has 0 amide bonds. The predicted octanol–water partition coefficient (Wildman–Crippen LogP) is -0.512. The van der Waals surface area contributed by atoms with E-state index in [4.69, 9.17) is 0 Å². The van der Waals surface area contributed by atoms with Crippen LogP contribution in [0.2, 0.25) is 0 Å². The summed E-state index contributed by atoms with van der Waals surface area (Å²) in [6.07, 6.45) is 0. The van der Waals surface area contributed by atoms with Gasteiger partial charge in [0.05, 0.1) is 40.3 Å². The summed E-state index contributed by atoms with van der Waals surface area (Å²) in [7, 11) is 4.48. The summed E-state index contributed by atoms with van der Waals surface area (Å²) in [5, 5.41) is 0.